The number of aromatic nitrogens is 2. The molecule has 0 aliphatic heterocycles. The van der Waals surface area contributed by atoms with Gasteiger partial charge in [0.25, 0.3) is 0 Å². The van der Waals surface area contributed by atoms with Crippen LogP contribution in [-0.2, 0) is 11.2 Å². The lowest BCUT2D eigenvalue weighted by Crippen LogP contribution is -2.11. The van der Waals surface area contributed by atoms with Crippen molar-refractivity contribution in [1.82, 2.24) is 10.2 Å². The maximum absolute atomic E-state index is 5.00. The molecule has 1 atom stereocenters. The molecule has 4 heteroatoms. The zero-order valence-corrected chi connectivity index (χ0v) is 9.41. The normalized spacial score (nSPS) is 12.8. The van der Waals surface area contributed by atoms with E-state index < -0.39 is 0 Å². The molecule has 13 heavy (non-hydrogen) atoms. The van der Waals surface area contributed by atoms with Gasteiger partial charge in [0, 0.05) is 18.4 Å². The lowest BCUT2D eigenvalue weighted by Gasteiger charge is -2.06. The van der Waals surface area contributed by atoms with E-state index in [1.165, 1.54) is 0 Å². The zero-order chi connectivity index (χ0) is 9.68. The molecule has 0 saturated heterocycles. The number of alkyl halides is 1. The topological polar surface area (TPSA) is 35.0 Å². The second-order valence-corrected chi connectivity index (χ2v) is 4.22. The van der Waals surface area contributed by atoms with E-state index in [9.17, 15) is 0 Å². The molecule has 1 unspecified atom stereocenters. The predicted molar refractivity (Wildman–Crippen MR) is 55.1 cm³/mol. The summed E-state index contributed by atoms with van der Waals surface area (Å²) >= 11 is 3.50. The summed E-state index contributed by atoms with van der Waals surface area (Å²) in [6, 6.07) is 3.96. The fraction of sp³-hybridized carbons (Fsp3) is 0.556. The average Bonchev–Trinajstić information content (AvgIpc) is 2.09. The highest BCUT2D eigenvalue weighted by atomic mass is 79.9. The van der Waals surface area contributed by atoms with Crippen LogP contribution in [0.3, 0.4) is 0 Å². The van der Waals surface area contributed by atoms with Crippen molar-refractivity contribution in [2.45, 2.75) is 18.2 Å². The van der Waals surface area contributed by atoms with Gasteiger partial charge in [-0.25, -0.2) is 0 Å². The summed E-state index contributed by atoms with van der Waals surface area (Å²) in [5, 5.41) is 8.05. The van der Waals surface area contributed by atoms with Crippen LogP contribution < -0.4 is 0 Å². The maximum atomic E-state index is 5.00. The van der Waals surface area contributed by atoms with Gasteiger partial charge in [-0.2, -0.15) is 10.2 Å². The Morgan fingerprint density at radius 1 is 1.46 bits per heavy atom. The molecule has 0 aliphatic carbocycles. The third-order valence-electron chi connectivity index (χ3n) is 1.63. The summed E-state index contributed by atoms with van der Waals surface area (Å²) in [5.74, 6) is 0. The minimum atomic E-state index is 0.314. The minimum absolute atomic E-state index is 0.314. The van der Waals surface area contributed by atoms with Crippen molar-refractivity contribution in [1.29, 1.82) is 0 Å². The minimum Gasteiger partial charge on any atom is -0.384 e. The van der Waals surface area contributed by atoms with Crippen molar-refractivity contribution >= 4 is 15.9 Å². The lowest BCUT2D eigenvalue weighted by molar-refractivity contribution is 0.200. The molecular formula is C9H13BrN2O. The number of ether oxygens (including phenoxy) is 1. The molecule has 0 amide bonds. The van der Waals surface area contributed by atoms with Crippen LogP contribution in [0.5, 0.6) is 0 Å². The SMILES string of the molecule is COCC(Br)Cc1ccc(C)nn1. The van der Waals surface area contributed by atoms with Crippen LogP contribution in [0.15, 0.2) is 12.1 Å². The molecule has 0 aromatic carbocycles. The van der Waals surface area contributed by atoms with Gasteiger partial charge in [-0.1, -0.05) is 15.9 Å². The first-order chi connectivity index (χ1) is 6.22. The zero-order valence-electron chi connectivity index (χ0n) is 7.83. The van der Waals surface area contributed by atoms with Crippen molar-refractivity contribution in [3.8, 4) is 0 Å². The Bertz CT molecular complexity index is 250. The number of hydrogen-bond acceptors (Lipinski definition) is 3. The van der Waals surface area contributed by atoms with E-state index in [1.807, 2.05) is 19.1 Å². The maximum Gasteiger partial charge on any atom is 0.0643 e. The highest BCUT2D eigenvalue weighted by molar-refractivity contribution is 9.09. The molecule has 1 aromatic heterocycles. The third kappa shape index (κ3) is 3.83. The van der Waals surface area contributed by atoms with Gasteiger partial charge < -0.3 is 4.74 Å². The molecule has 0 radical (unpaired) electrons. The van der Waals surface area contributed by atoms with Crippen LogP contribution in [0, 0.1) is 6.92 Å². The first-order valence-electron chi connectivity index (χ1n) is 4.14. The Hall–Kier alpha value is -0.480. The number of halogens is 1. The number of nitrogens with zero attached hydrogens (tertiary/aromatic N) is 2. The number of methoxy groups -OCH3 is 1. The van der Waals surface area contributed by atoms with Gasteiger partial charge >= 0.3 is 0 Å². The van der Waals surface area contributed by atoms with Crippen LogP contribution in [0.25, 0.3) is 0 Å². The fourth-order valence-electron chi connectivity index (χ4n) is 1.00. The first kappa shape index (κ1) is 10.6. The highest BCUT2D eigenvalue weighted by Gasteiger charge is 2.05. The van der Waals surface area contributed by atoms with Gasteiger partial charge in [0.1, 0.15) is 0 Å². The van der Waals surface area contributed by atoms with Crippen molar-refractivity contribution in [3.63, 3.8) is 0 Å². The molecule has 0 bridgehead atoms. The molecule has 72 valence electrons. The Labute approximate surface area is 86.6 Å². The van der Waals surface area contributed by atoms with Crippen LogP contribution in [-0.4, -0.2) is 28.7 Å². The monoisotopic (exact) mass is 244 g/mol. The molecule has 1 rings (SSSR count). The van der Waals surface area contributed by atoms with Crippen molar-refractivity contribution in [3.05, 3.63) is 23.5 Å². The standard InChI is InChI=1S/C9H13BrN2O/c1-7-3-4-9(12-11-7)5-8(10)6-13-2/h3-4,8H,5-6H2,1-2H3. The van der Waals surface area contributed by atoms with E-state index in [1.54, 1.807) is 7.11 Å². The van der Waals surface area contributed by atoms with E-state index in [0.29, 0.717) is 11.4 Å². The van der Waals surface area contributed by atoms with Crippen molar-refractivity contribution in [2.24, 2.45) is 0 Å². The van der Waals surface area contributed by atoms with Crippen LogP contribution in [0.4, 0.5) is 0 Å². The van der Waals surface area contributed by atoms with Gasteiger partial charge in [0.2, 0.25) is 0 Å². The third-order valence-corrected chi connectivity index (χ3v) is 2.22. The number of aryl methyl sites for hydroxylation is 1. The van der Waals surface area contributed by atoms with E-state index in [2.05, 4.69) is 26.1 Å². The summed E-state index contributed by atoms with van der Waals surface area (Å²) in [5.41, 5.74) is 1.94. The fourth-order valence-corrected chi connectivity index (χ4v) is 1.60. The summed E-state index contributed by atoms with van der Waals surface area (Å²) in [7, 11) is 1.69. The summed E-state index contributed by atoms with van der Waals surface area (Å²) in [6.45, 7) is 2.62. The molecule has 0 saturated carbocycles. The molecule has 3 nitrogen and oxygen atoms in total. The van der Waals surface area contributed by atoms with Crippen LogP contribution >= 0.6 is 15.9 Å². The van der Waals surface area contributed by atoms with Crippen LogP contribution in [0.2, 0.25) is 0 Å². The quantitative estimate of drug-likeness (QED) is 0.758. The van der Waals surface area contributed by atoms with E-state index in [0.717, 1.165) is 17.8 Å². The Morgan fingerprint density at radius 3 is 2.77 bits per heavy atom. The van der Waals surface area contributed by atoms with Crippen molar-refractivity contribution in [2.75, 3.05) is 13.7 Å². The molecule has 0 spiro atoms. The Balaban J connectivity index is 2.49. The number of hydrogen-bond donors (Lipinski definition) is 0. The van der Waals surface area contributed by atoms with E-state index in [-0.39, 0.29) is 0 Å². The Kier molecular flexibility index (Phi) is 4.32. The Morgan fingerprint density at radius 2 is 2.23 bits per heavy atom. The van der Waals surface area contributed by atoms with Crippen molar-refractivity contribution < 1.29 is 4.74 Å². The largest absolute Gasteiger partial charge is 0.384 e. The van der Waals surface area contributed by atoms with Gasteiger partial charge in [-0.3, -0.25) is 0 Å². The highest BCUT2D eigenvalue weighted by Crippen LogP contribution is 2.07. The summed E-state index contributed by atoms with van der Waals surface area (Å²) in [4.78, 5) is 0.314. The molecule has 0 N–H and O–H groups in total. The molecular weight excluding hydrogens is 232 g/mol. The van der Waals surface area contributed by atoms with Gasteiger partial charge in [0.15, 0.2) is 0 Å². The second kappa shape index (κ2) is 5.29. The molecule has 0 aliphatic rings. The van der Waals surface area contributed by atoms with E-state index in [4.69, 9.17) is 4.74 Å². The first-order valence-corrected chi connectivity index (χ1v) is 5.06. The summed E-state index contributed by atoms with van der Waals surface area (Å²) in [6.07, 6.45) is 0.848. The smallest absolute Gasteiger partial charge is 0.0643 e. The summed E-state index contributed by atoms with van der Waals surface area (Å²) < 4.78 is 5.00. The van der Waals surface area contributed by atoms with Gasteiger partial charge in [-0.15, -0.1) is 0 Å². The molecule has 0 fully saturated rings. The lowest BCUT2D eigenvalue weighted by atomic mass is 10.2. The van der Waals surface area contributed by atoms with Gasteiger partial charge in [-0.05, 0) is 19.1 Å². The average molecular weight is 245 g/mol. The van der Waals surface area contributed by atoms with E-state index >= 15 is 0 Å². The van der Waals surface area contributed by atoms with Gasteiger partial charge in [0.05, 0.1) is 18.0 Å². The molecule has 1 heterocycles. The predicted octanol–water partition coefficient (Wildman–Crippen LogP) is 1.74. The molecule has 1 aromatic rings. The second-order valence-electron chi connectivity index (χ2n) is 2.92. The van der Waals surface area contributed by atoms with Crippen LogP contribution in [0.1, 0.15) is 11.4 Å². The number of rotatable bonds is 4.